The molecular weight excluding hydrogens is 108 g/mol. The van der Waals surface area contributed by atoms with E-state index in [1.165, 1.54) is 0 Å². The van der Waals surface area contributed by atoms with Crippen molar-refractivity contribution in [2.75, 3.05) is 6.61 Å². The van der Waals surface area contributed by atoms with Crippen molar-refractivity contribution in [2.45, 2.75) is 19.6 Å². The fraction of sp³-hybridized carbons (Fsp3) is 0.800. The van der Waals surface area contributed by atoms with Gasteiger partial charge in [0.15, 0.2) is 0 Å². The molecule has 1 aliphatic heterocycles. The van der Waals surface area contributed by atoms with Gasteiger partial charge in [0.05, 0.1) is 0 Å². The van der Waals surface area contributed by atoms with Crippen molar-refractivity contribution in [3.63, 3.8) is 0 Å². The second kappa shape index (κ2) is 2.13. The lowest BCUT2D eigenvalue weighted by atomic mass is 10.5. The molecule has 0 aliphatic carbocycles. The molecular formula is C5H8O3. The molecule has 1 saturated heterocycles. The van der Waals surface area contributed by atoms with Crippen molar-refractivity contribution in [2.24, 2.45) is 0 Å². The highest BCUT2D eigenvalue weighted by molar-refractivity contribution is 5.72. The summed E-state index contributed by atoms with van der Waals surface area (Å²) in [5.74, 6) is -0.253. The summed E-state index contributed by atoms with van der Waals surface area (Å²) in [6, 6.07) is 0. The number of rotatable bonds is 1. The van der Waals surface area contributed by atoms with Crippen LogP contribution in [0.2, 0.25) is 0 Å². The van der Waals surface area contributed by atoms with E-state index in [-0.39, 0.29) is 18.9 Å². The second-order valence-corrected chi connectivity index (χ2v) is 1.64. The Balaban J connectivity index is 2.32. The molecule has 0 aromatic carbocycles. The Morgan fingerprint density at radius 3 is 2.88 bits per heavy atom. The summed E-state index contributed by atoms with van der Waals surface area (Å²) in [6.07, 6.45) is 0.466. The molecule has 0 amide bonds. The zero-order chi connectivity index (χ0) is 5.98. The van der Waals surface area contributed by atoms with E-state index in [1.807, 2.05) is 6.92 Å². The van der Waals surface area contributed by atoms with Gasteiger partial charge < -0.3 is 9.47 Å². The van der Waals surface area contributed by atoms with Crippen molar-refractivity contribution in [1.82, 2.24) is 0 Å². The van der Waals surface area contributed by atoms with Gasteiger partial charge in [-0.05, 0) is 0 Å². The third kappa shape index (κ3) is 0.980. The van der Waals surface area contributed by atoms with E-state index >= 15 is 0 Å². The molecule has 1 heterocycles. The maximum Gasteiger partial charge on any atom is 0.334 e. The maximum absolute atomic E-state index is 10.3. The fourth-order valence-corrected chi connectivity index (χ4v) is 0.577. The summed E-state index contributed by atoms with van der Waals surface area (Å²) in [4.78, 5) is 10.3. The van der Waals surface area contributed by atoms with E-state index in [0.29, 0.717) is 0 Å². The van der Waals surface area contributed by atoms with Crippen LogP contribution in [0.15, 0.2) is 0 Å². The summed E-state index contributed by atoms with van der Waals surface area (Å²) in [6.45, 7) is 2.03. The molecule has 0 radical (unpaired) electrons. The highest BCUT2D eigenvalue weighted by Crippen LogP contribution is 2.07. The quantitative estimate of drug-likeness (QED) is 0.462. The molecule has 1 atom stereocenters. The number of hydrogen-bond acceptors (Lipinski definition) is 3. The Kier molecular flexibility index (Phi) is 1.48. The number of carbonyl (C=O) groups is 1. The van der Waals surface area contributed by atoms with Crippen molar-refractivity contribution in [3.05, 3.63) is 0 Å². The molecule has 0 aromatic rings. The van der Waals surface area contributed by atoms with Crippen molar-refractivity contribution in [3.8, 4) is 0 Å². The maximum atomic E-state index is 10.3. The number of carbonyl (C=O) groups excluding carboxylic acids is 1. The average molecular weight is 116 g/mol. The van der Waals surface area contributed by atoms with Gasteiger partial charge in [0, 0.05) is 6.42 Å². The van der Waals surface area contributed by atoms with Crippen LogP contribution < -0.4 is 0 Å². The van der Waals surface area contributed by atoms with Crippen LogP contribution in [0.5, 0.6) is 0 Å². The van der Waals surface area contributed by atoms with E-state index in [9.17, 15) is 4.79 Å². The first-order valence-electron chi connectivity index (χ1n) is 2.64. The minimum absolute atomic E-state index is 0.124. The lowest BCUT2D eigenvalue weighted by Crippen LogP contribution is -2.05. The van der Waals surface area contributed by atoms with Gasteiger partial charge in [-0.15, -0.1) is 0 Å². The molecule has 0 N–H and O–H groups in total. The molecule has 8 heavy (non-hydrogen) atoms. The van der Waals surface area contributed by atoms with Gasteiger partial charge in [-0.1, -0.05) is 6.92 Å². The largest absolute Gasteiger partial charge is 0.434 e. The van der Waals surface area contributed by atoms with Gasteiger partial charge in [-0.2, -0.15) is 0 Å². The first-order chi connectivity index (χ1) is 3.83. The summed E-state index contributed by atoms with van der Waals surface area (Å²) in [5.41, 5.74) is 0. The third-order valence-electron chi connectivity index (χ3n) is 0.983. The predicted molar refractivity (Wildman–Crippen MR) is 26.1 cm³/mol. The Morgan fingerprint density at radius 1 is 1.88 bits per heavy atom. The summed E-state index contributed by atoms with van der Waals surface area (Å²) in [5, 5.41) is 0. The standard InChI is InChI=1S/C5H8O3/c1-2-5-7-3-4(6)8-5/h5H,2-3H2,1H3/t5-/m1/s1. The topological polar surface area (TPSA) is 35.5 Å². The zero-order valence-electron chi connectivity index (χ0n) is 4.72. The van der Waals surface area contributed by atoms with E-state index in [0.717, 1.165) is 6.42 Å². The van der Waals surface area contributed by atoms with E-state index in [1.54, 1.807) is 0 Å². The molecule has 46 valence electrons. The first-order valence-corrected chi connectivity index (χ1v) is 2.64. The Morgan fingerprint density at radius 2 is 2.62 bits per heavy atom. The molecule has 0 unspecified atom stereocenters. The van der Waals surface area contributed by atoms with Crippen LogP contribution in [0.3, 0.4) is 0 Å². The third-order valence-corrected chi connectivity index (χ3v) is 0.983. The van der Waals surface area contributed by atoms with Gasteiger partial charge in [0.25, 0.3) is 0 Å². The molecule has 1 fully saturated rings. The lowest BCUT2D eigenvalue weighted by Gasteiger charge is -2.01. The van der Waals surface area contributed by atoms with Gasteiger partial charge in [-0.3, -0.25) is 0 Å². The number of cyclic esters (lactones) is 1. The minimum atomic E-state index is -0.275. The molecule has 3 heteroatoms. The summed E-state index contributed by atoms with van der Waals surface area (Å²) < 4.78 is 9.49. The Hall–Kier alpha value is -0.570. The first kappa shape index (κ1) is 5.56. The van der Waals surface area contributed by atoms with Crippen molar-refractivity contribution < 1.29 is 14.3 Å². The average Bonchev–Trinajstić information content (AvgIpc) is 2.14. The highest BCUT2D eigenvalue weighted by atomic mass is 16.7. The SMILES string of the molecule is CC[C@@H]1OCC(=O)O1. The van der Waals surface area contributed by atoms with Crippen LogP contribution >= 0.6 is 0 Å². The van der Waals surface area contributed by atoms with Crippen LogP contribution in [-0.4, -0.2) is 18.9 Å². The molecule has 0 aromatic heterocycles. The molecule has 0 spiro atoms. The molecule has 0 saturated carbocycles. The van der Waals surface area contributed by atoms with Gasteiger partial charge in [0.2, 0.25) is 6.29 Å². The number of ether oxygens (including phenoxy) is 2. The monoisotopic (exact) mass is 116 g/mol. The minimum Gasteiger partial charge on any atom is -0.434 e. The highest BCUT2D eigenvalue weighted by Gasteiger charge is 2.21. The smallest absolute Gasteiger partial charge is 0.334 e. The molecule has 3 nitrogen and oxygen atoms in total. The Labute approximate surface area is 47.6 Å². The molecule has 0 bridgehead atoms. The molecule has 1 aliphatic rings. The van der Waals surface area contributed by atoms with Crippen LogP contribution in [0, 0.1) is 0 Å². The van der Waals surface area contributed by atoms with Crippen molar-refractivity contribution >= 4 is 5.97 Å². The number of hydrogen-bond donors (Lipinski definition) is 0. The normalized spacial score (nSPS) is 28.1. The number of esters is 1. The van der Waals surface area contributed by atoms with Crippen molar-refractivity contribution in [1.29, 1.82) is 0 Å². The van der Waals surface area contributed by atoms with Gasteiger partial charge >= 0.3 is 5.97 Å². The lowest BCUT2D eigenvalue weighted by molar-refractivity contribution is -0.143. The fourth-order valence-electron chi connectivity index (χ4n) is 0.577. The predicted octanol–water partition coefficient (Wildman–Crippen LogP) is 0.296. The summed E-state index contributed by atoms with van der Waals surface area (Å²) in [7, 11) is 0. The molecule has 1 rings (SSSR count). The Bertz CT molecular complexity index is 99.8. The van der Waals surface area contributed by atoms with Crippen LogP contribution in [0.4, 0.5) is 0 Å². The van der Waals surface area contributed by atoms with E-state index in [4.69, 9.17) is 4.74 Å². The van der Waals surface area contributed by atoms with Gasteiger partial charge in [-0.25, -0.2) is 4.79 Å². The second-order valence-electron chi connectivity index (χ2n) is 1.64. The van der Waals surface area contributed by atoms with Crippen LogP contribution in [0.25, 0.3) is 0 Å². The summed E-state index contributed by atoms with van der Waals surface area (Å²) >= 11 is 0. The van der Waals surface area contributed by atoms with Crippen LogP contribution in [-0.2, 0) is 14.3 Å². The van der Waals surface area contributed by atoms with Crippen LogP contribution in [0.1, 0.15) is 13.3 Å². The van der Waals surface area contributed by atoms with Gasteiger partial charge in [0.1, 0.15) is 6.61 Å². The van der Waals surface area contributed by atoms with E-state index < -0.39 is 0 Å². The van der Waals surface area contributed by atoms with E-state index in [2.05, 4.69) is 4.74 Å². The zero-order valence-corrected chi connectivity index (χ0v) is 4.72.